The minimum Gasteiger partial charge on any atom is -0.398 e. The van der Waals surface area contributed by atoms with Gasteiger partial charge in [-0.05, 0) is 42.3 Å². The van der Waals surface area contributed by atoms with Gasteiger partial charge in [0.15, 0.2) is 0 Å². The van der Waals surface area contributed by atoms with E-state index in [2.05, 4.69) is 4.98 Å². The van der Waals surface area contributed by atoms with E-state index in [-0.39, 0.29) is 5.56 Å². The number of nitriles is 1. The molecule has 0 aliphatic heterocycles. The number of aromatic nitrogens is 1. The largest absolute Gasteiger partial charge is 0.398 e. The number of hydrogen-bond acceptors (Lipinski definition) is 4. The Morgan fingerprint density at radius 3 is 2.41 bits per heavy atom. The number of rotatable bonds is 3. The number of pyridine rings is 1. The molecule has 4 nitrogen and oxygen atoms in total. The Kier molecular flexibility index (Phi) is 4.42. The summed E-state index contributed by atoms with van der Waals surface area (Å²) >= 11 is 0. The van der Waals surface area contributed by atoms with Crippen molar-refractivity contribution in [3.8, 4) is 6.07 Å². The number of benzene rings is 1. The number of anilines is 1. The van der Waals surface area contributed by atoms with Crippen molar-refractivity contribution in [2.45, 2.75) is 6.92 Å². The number of allylic oxidation sites excluding steroid dienone is 1. The highest BCUT2D eigenvalue weighted by Gasteiger charge is 2.09. The summed E-state index contributed by atoms with van der Waals surface area (Å²) in [7, 11) is 3.83. The van der Waals surface area contributed by atoms with E-state index in [0.29, 0.717) is 11.3 Å². The average Bonchev–Trinajstić information content (AvgIpc) is 2.53. The fraction of sp³-hybridized carbons (Fsp3) is 0.176. The van der Waals surface area contributed by atoms with E-state index in [1.807, 2.05) is 38.1 Å². The van der Waals surface area contributed by atoms with Gasteiger partial charge < -0.3 is 10.6 Å². The van der Waals surface area contributed by atoms with Gasteiger partial charge in [0.2, 0.25) is 0 Å². The van der Waals surface area contributed by atoms with Crippen LogP contribution in [0.3, 0.4) is 0 Å². The molecule has 0 saturated heterocycles. The van der Waals surface area contributed by atoms with Crippen LogP contribution in [-0.2, 0) is 0 Å². The summed E-state index contributed by atoms with van der Waals surface area (Å²) < 4.78 is 13.7. The molecule has 1 heterocycles. The van der Waals surface area contributed by atoms with Gasteiger partial charge in [0, 0.05) is 31.6 Å². The van der Waals surface area contributed by atoms with Gasteiger partial charge in [-0.1, -0.05) is 6.07 Å². The zero-order chi connectivity index (χ0) is 16.3. The smallest absolute Gasteiger partial charge is 0.141 e. The minimum atomic E-state index is -0.572. The monoisotopic (exact) mass is 296 g/mol. The molecule has 0 amide bonds. The van der Waals surface area contributed by atoms with E-state index in [4.69, 9.17) is 11.0 Å². The Hall–Kier alpha value is -2.87. The summed E-state index contributed by atoms with van der Waals surface area (Å²) in [6.07, 6.45) is 1.73. The molecule has 2 N–H and O–H groups in total. The SMILES string of the molecule is C/C(=C(\N)c1ccc(C#N)c(F)c1)c1ccc(N(C)C)nc1. The van der Waals surface area contributed by atoms with Crippen molar-refractivity contribution < 1.29 is 4.39 Å². The van der Waals surface area contributed by atoms with Crippen LogP contribution in [0.1, 0.15) is 23.6 Å². The third-order valence-electron chi connectivity index (χ3n) is 3.44. The van der Waals surface area contributed by atoms with Gasteiger partial charge in [-0.25, -0.2) is 9.37 Å². The molecule has 1 aromatic heterocycles. The Morgan fingerprint density at radius 2 is 1.91 bits per heavy atom. The van der Waals surface area contributed by atoms with Crippen molar-refractivity contribution in [1.29, 1.82) is 5.26 Å². The lowest BCUT2D eigenvalue weighted by Gasteiger charge is -2.13. The van der Waals surface area contributed by atoms with Crippen molar-refractivity contribution >= 4 is 17.1 Å². The van der Waals surface area contributed by atoms with Crippen LogP contribution in [0.2, 0.25) is 0 Å². The maximum atomic E-state index is 13.7. The molecule has 0 saturated carbocycles. The maximum absolute atomic E-state index is 13.7. The Balaban J connectivity index is 2.40. The predicted molar refractivity (Wildman–Crippen MR) is 86.4 cm³/mol. The third-order valence-corrected chi connectivity index (χ3v) is 3.44. The van der Waals surface area contributed by atoms with Crippen LogP contribution >= 0.6 is 0 Å². The molecule has 0 atom stereocenters. The van der Waals surface area contributed by atoms with E-state index in [9.17, 15) is 4.39 Å². The quantitative estimate of drug-likeness (QED) is 0.945. The number of halogens is 1. The van der Waals surface area contributed by atoms with Crippen LogP contribution in [0, 0.1) is 17.1 Å². The summed E-state index contributed by atoms with van der Waals surface area (Å²) in [4.78, 5) is 6.24. The first-order chi connectivity index (χ1) is 10.4. The van der Waals surface area contributed by atoms with E-state index in [1.54, 1.807) is 18.3 Å². The zero-order valence-electron chi connectivity index (χ0n) is 12.8. The molecule has 0 aliphatic carbocycles. The molecule has 1 aromatic carbocycles. The van der Waals surface area contributed by atoms with Gasteiger partial charge >= 0.3 is 0 Å². The van der Waals surface area contributed by atoms with Gasteiger partial charge in [-0.3, -0.25) is 0 Å². The van der Waals surface area contributed by atoms with E-state index in [0.717, 1.165) is 17.0 Å². The summed E-state index contributed by atoms with van der Waals surface area (Å²) in [5, 5.41) is 8.76. The highest BCUT2D eigenvalue weighted by molar-refractivity contribution is 5.88. The summed E-state index contributed by atoms with van der Waals surface area (Å²) in [6.45, 7) is 1.86. The van der Waals surface area contributed by atoms with Crippen LogP contribution in [-0.4, -0.2) is 19.1 Å². The predicted octanol–water partition coefficient (Wildman–Crippen LogP) is 3.01. The standard InChI is InChI=1S/C17H17FN4/c1-11(14-6-7-16(21-10-14)22(2)3)17(20)12-4-5-13(9-19)15(18)8-12/h4-8,10H,20H2,1-3H3/b17-11+. The molecule has 2 rings (SSSR count). The normalized spacial score (nSPS) is 11.6. The molecule has 0 aliphatic rings. The summed E-state index contributed by atoms with van der Waals surface area (Å²) in [5.41, 5.74) is 8.81. The lowest BCUT2D eigenvalue weighted by Crippen LogP contribution is -2.10. The number of hydrogen-bond donors (Lipinski definition) is 1. The first-order valence-corrected chi connectivity index (χ1v) is 6.74. The van der Waals surface area contributed by atoms with Gasteiger partial charge in [-0.15, -0.1) is 0 Å². The minimum absolute atomic E-state index is 0.00575. The molecule has 22 heavy (non-hydrogen) atoms. The average molecular weight is 296 g/mol. The molecule has 0 unspecified atom stereocenters. The zero-order valence-corrected chi connectivity index (χ0v) is 12.8. The highest BCUT2D eigenvalue weighted by atomic mass is 19.1. The molecular weight excluding hydrogens is 279 g/mol. The molecule has 2 aromatic rings. The van der Waals surface area contributed by atoms with Crippen molar-refractivity contribution in [1.82, 2.24) is 4.98 Å². The van der Waals surface area contributed by atoms with Crippen molar-refractivity contribution in [2.24, 2.45) is 5.73 Å². The van der Waals surface area contributed by atoms with E-state index < -0.39 is 5.82 Å². The Morgan fingerprint density at radius 1 is 1.23 bits per heavy atom. The second-order valence-corrected chi connectivity index (χ2v) is 5.14. The van der Waals surface area contributed by atoms with Gasteiger partial charge in [-0.2, -0.15) is 5.26 Å². The first kappa shape index (κ1) is 15.5. The topological polar surface area (TPSA) is 65.9 Å². The highest BCUT2D eigenvalue weighted by Crippen LogP contribution is 2.24. The van der Waals surface area contributed by atoms with Gasteiger partial charge in [0.1, 0.15) is 17.7 Å². The molecule has 0 radical (unpaired) electrons. The number of nitrogens with zero attached hydrogens (tertiary/aromatic N) is 3. The first-order valence-electron chi connectivity index (χ1n) is 6.74. The fourth-order valence-corrected chi connectivity index (χ4v) is 2.02. The van der Waals surface area contributed by atoms with Crippen molar-refractivity contribution in [3.63, 3.8) is 0 Å². The molecular formula is C17H17FN4. The van der Waals surface area contributed by atoms with Crippen LogP contribution < -0.4 is 10.6 Å². The molecule has 0 fully saturated rings. The Labute approximate surface area is 129 Å². The number of nitrogens with two attached hydrogens (primary N) is 1. The van der Waals surface area contributed by atoms with E-state index >= 15 is 0 Å². The van der Waals surface area contributed by atoms with Gasteiger partial charge in [0.05, 0.1) is 5.56 Å². The van der Waals surface area contributed by atoms with Crippen LogP contribution in [0.5, 0.6) is 0 Å². The molecule has 5 heteroatoms. The van der Waals surface area contributed by atoms with Crippen molar-refractivity contribution in [3.05, 3.63) is 59.0 Å². The maximum Gasteiger partial charge on any atom is 0.141 e. The van der Waals surface area contributed by atoms with Crippen LogP contribution in [0.4, 0.5) is 10.2 Å². The second kappa shape index (κ2) is 6.27. The lowest BCUT2D eigenvalue weighted by molar-refractivity contribution is 0.623. The lowest BCUT2D eigenvalue weighted by atomic mass is 10.0. The molecule has 0 spiro atoms. The van der Waals surface area contributed by atoms with Crippen LogP contribution in [0.25, 0.3) is 11.3 Å². The third kappa shape index (κ3) is 3.07. The Bertz CT molecular complexity index is 755. The van der Waals surface area contributed by atoms with Gasteiger partial charge in [0.25, 0.3) is 0 Å². The fourth-order valence-electron chi connectivity index (χ4n) is 2.02. The van der Waals surface area contributed by atoms with Crippen LogP contribution in [0.15, 0.2) is 36.5 Å². The second-order valence-electron chi connectivity index (χ2n) is 5.14. The molecule has 112 valence electrons. The summed E-state index contributed by atoms with van der Waals surface area (Å²) in [6, 6.07) is 9.95. The summed E-state index contributed by atoms with van der Waals surface area (Å²) in [5.74, 6) is 0.274. The van der Waals surface area contributed by atoms with Crippen molar-refractivity contribution in [2.75, 3.05) is 19.0 Å². The molecule has 0 bridgehead atoms. The van der Waals surface area contributed by atoms with E-state index in [1.165, 1.54) is 12.1 Å².